The highest BCUT2D eigenvalue weighted by atomic mass is 79.9. The first-order valence-corrected chi connectivity index (χ1v) is 8.63. The molecule has 0 spiro atoms. The number of carbonyl (C=O) groups is 1. The third-order valence-electron chi connectivity index (χ3n) is 3.86. The molecule has 0 aliphatic heterocycles. The van der Waals surface area contributed by atoms with Gasteiger partial charge in [-0.05, 0) is 59.8 Å². The molecular formula is C17H24BrNO2. The number of hydrogen-bond acceptors (Lipinski definition) is 2. The minimum atomic E-state index is 0.161. The Labute approximate surface area is 135 Å². The van der Waals surface area contributed by atoms with Crippen molar-refractivity contribution in [3.63, 3.8) is 0 Å². The Balaban J connectivity index is 1.63. The standard InChI is InChI=1S/C17H24BrNO2/c1-13-9-10-16(15(18)12-13)21-11-5-8-17(20)19-14-6-3-2-4-7-14/h9-10,12,14H,2-8,11H2,1H3,(H,19,20). The van der Waals surface area contributed by atoms with Gasteiger partial charge in [-0.3, -0.25) is 4.79 Å². The van der Waals surface area contributed by atoms with E-state index in [1.165, 1.54) is 24.8 Å². The molecule has 0 radical (unpaired) electrons. The van der Waals surface area contributed by atoms with E-state index in [2.05, 4.69) is 21.2 Å². The summed E-state index contributed by atoms with van der Waals surface area (Å²) in [5.41, 5.74) is 1.20. The largest absolute Gasteiger partial charge is 0.492 e. The van der Waals surface area contributed by atoms with Crippen LogP contribution in [-0.4, -0.2) is 18.6 Å². The van der Waals surface area contributed by atoms with Gasteiger partial charge in [0.05, 0.1) is 11.1 Å². The molecule has 0 saturated heterocycles. The quantitative estimate of drug-likeness (QED) is 0.771. The molecule has 1 saturated carbocycles. The Morgan fingerprint density at radius 2 is 2.10 bits per heavy atom. The fourth-order valence-electron chi connectivity index (χ4n) is 2.68. The summed E-state index contributed by atoms with van der Waals surface area (Å²) >= 11 is 3.49. The fraction of sp³-hybridized carbons (Fsp3) is 0.588. The molecule has 0 heterocycles. The van der Waals surface area contributed by atoms with E-state index in [-0.39, 0.29) is 5.91 Å². The van der Waals surface area contributed by atoms with Crippen LogP contribution < -0.4 is 10.1 Å². The molecule has 0 unspecified atom stereocenters. The summed E-state index contributed by atoms with van der Waals surface area (Å²) in [4.78, 5) is 11.9. The zero-order valence-electron chi connectivity index (χ0n) is 12.7. The number of benzene rings is 1. The molecule has 1 amide bonds. The molecular weight excluding hydrogens is 330 g/mol. The van der Waals surface area contributed by atoms with Crippen molar-refractivity contribution in [3.05, 3.63) is 28.2 Å². The highest BCUT2D eigenvalue weighted by Crippen LogP contribution is 2.25. The molecule has 1 N–H and O–H groups in total. The minimum absolute atomic E-state index is 0.161. The normalized spacial score (nSPS) is 15.7. The molecule has 4 heteroatoms. The van der Waals surface area contributed by atoms with Crippen LogP contribution in [0, 0.1) is 6.92 Å². The number of halogens is 1. The van der Waals surface area contributed by atoms with Crippen LogP contribution in [0.15, 0.2) is 22.7 Å². The van der Waals surface area contributed by atoms with Crippen LogP contribution in [0.4, 0.5) is 0 Å². The van der Waals surface area contributed by atoms with E-state index in [9.17, 15) is 4.79 Å². The average molecular weight is 354 g/mol. The number of ether oxygens (including phenoxy) is 1. The second-order valence-electron chi connectivity index (χ2n) is 5.79. The number of rotatable bonds is 6. The summed E-state index contributed by atoms with van der Waals surface area (Å²) in [6.45, 7) is 2.61. The number of nitrogens with one attached hydrogen (secondary N) is 1. The zero-order chi connectivity index (χ0) is 15.1. The SMILES string of the molecule is Cc1ccc(OCCCC(=O)NC2CCCCC2)c(Br)c1. The van der Waals surface area contributed by atoms with Gasteiger partial charge in [-0.1, -0.05) is 25.3 Å². The van der Waals surface area contributed by atoms with Crippen molar-refractivity contribution in [2.75, 3.05) is 6.61 Å². The van der Waals surface area contributed by atoms with Gasteiger partial charge >= 0.3 is 0 Å². The Bertz CT molecular complexity index is 470. The van der Waals surface area contributed by atoms with Crippen molar-refractivity contribution >= 4 is 21.8 Å². The van der Waals surface area contributed by atoms with Gasteiger partial charge in [0.2, 0.25) is 5.91 Å². The van der Waals surface area contributed by atoms with E-state index >= 15 is 0 Å². The van der Waals surface area contributed by atoms with Crippen molar-refractivity contribution in [2.24, 2.45) is 0 Å². The fourth-order valence-corrected chi connectivity index (χ4v) is 3.29. The van der Waals surface area contributed by atoms with E-state index in [1.54, 1.807) is 0 Å². The molecule has 1 aromatic rings. The molecule has 2 rings (SSSR count). The lowest BCUT2D eigenvalue weighted by Crippen LogP contribution is -2.36. The predicted molar refractivity (Wildman–Crippen MR) is 88.6 cm³/mol. The maximum atomic E-state index is 11.9. The molecule has 1 fully saturated rings. The van der Waals surface area contributed by atoms with E-state index in [4.69, 9.17) is 4.74 Å². The van der Waals surface area contributed by atoms with Gasteiger partial charge in [-0.15, -0.1) is 0 Å². The van der Waals surface area contributed by atoms with Crippen molar-refractivity contribution in [3.8, 4) is 5.75 Å². The van der Waals surface area contributed by atoms with Crippen LogP contribution in [0.2, 0.25) is 0 Å². The highest BCUT2D eigenvalue weighted by Gasteiger charge is 2.15. The summed E-state index contributed by atoms with van der Waals surface area (Å²) in [7, 11) is 0. The molecule has 1 aliphatic rings. The van der Waals surface area contributed by atoms with Crippen LogP contribution in [0.1, 0.15) is 50.5 Å². The van der Waals surface area contributed by atoms with Gasteiger partial charge in [-0.2, -0.15) is 0 Å². The minimum Gasteiger partial charge on any atom is -0.492 e. The number of amides is 1. The molecule has 21 heavy (non-hydrogen) atoms. The maximum Gasteiger partial charge on any atom is 0.220 e. The van der Waals surface area contributed by atoms with Crippen molar-refractivity contribution in [1.82, 2.24) is 5.32 Å². The van der Waals surface area contributed by atoms with E-state index < -0.39 is 0 Å². The van der Waals surface area contributed by atoms with Gasteiger partial charge in [0, 0.05) is 12.5 Å². The Kier molecular flexibility index (Phi) is 6.55. The Morgan fingerprint density at radius 1 is 1.33 bits per heavy atom. The summed E-state index contributed by atoms with van der Waals surface area (Å²) in [5.74, 6) is 1.00. The van der Waals surface area contributed by atoms with Crippen LogP contribution >= 0.6 is 15.9 Å². The van der Waals surface area contributed by atoms with Gasteiger partial charge in [0.1, 0.15) is 5.75 Å². The van der Waals surface area contributed by atoms with Crippen LogP contribution in [0.25, 0.3) is 0 Å². The number of hydrogen-bond donors (Lipinski definition) is 1. The summed E-state index contributed by atoms with van der Waals surface area (Å²) in [6, 6.07) is 6.42. The van der Waals surface area contributed by atoms with E-state index in [1.807, 2.05) is 25.1 Å². The first kappa shape index (κ1) is 16.3. The monoisotopic (exact) mass is 353 g/mol. The molecule has 116 valence electrons. The molecule has 0 atom stereocenters. The Hall–Kier alpha value is -1.03. The lowest BCUT2D eigenvalue weighted by molar-refractivity contribution is -0.122. The summed E-state index contributed by atoms with van der Waals surface area (Å²) in [5, 5.41) is 3.13. The van der Waals surface area contributed by atoms with Crippen molar-refractivity contribution < 1.29 is 9.53 Å². The third kappa shape index (κ3) is 5.70. The highest BCUT2D eigenvalue weighted by molar-refractivity contribution is 9.10. The second kappa shape index (κ2) is 8.42. The maximum absolute atomic E-state index is 11.9. The lowest BCUT2D eigenvalue weighted by Gasteiger charge is -2.22. The van der Waals surface area contributed by atoms with E-state index in [0.29, 0.717) is 19.1 Å². The van der Waals surface area contributed by atoms with Gasteiger partial charge in [0.15, 0.2) is 0 Å². The van der Waals surface area contributed by atoms with Crippen molar-refractivity contribution in [1.29, 1.82) is 0 Å². The molecule has 0 bridgehead atoms. The molecule has 3 nitrogen and oxygen atoms in total. The molecule has 0 aromatic heterocycles. The average Bonchev–Trinajstić information content (AvgIpc) is 2.46. The van der Waals surface area contributed by atoms with Crippen molar-refractivity contribution in [2.45, 2.75) is 57.9 Å². The van der Waals surface area contributed by atoms with Crippen LogP contribution in [0.3, 0.4) is 0 Å². The summed E-state index contributed by atoms with van der Waals surface area (Å²) in [6.07, 6.45) is 7.37. The van der Waals surface area contributed by atoms with Gasteiger partial charge in [0.25, 0.3) is 0 Å². The third-order valence-corrected chi connectivity index (χ3v) is 4.48. The second-order valence-corrected chi connectivity index (χ2v) is 6.64. The van der Waals surface area contributed by atoms with Crippen LogP contribution in [-0.2, 0) is 4.79 Å². The van der Waals surface area contributed by atoms with Gasteiger partial charge < -0.3 is 10.1 Å². The van der Waals surface area contributed by atoms with Crippen LogP contribution in [0.5, 0.6) is 5.75 Å². The number of aryl methyl sites for hydroxylation is 1. The Morgan fingerprint density at radius 3 is 2.81 bits per heavy atom. The van der Waals surface area contributed by atoms with Gasteiger partial charge in [-0.25, -0.2) is 0 Å². The first-order valence-electron chi connectivity index (χ1n) is 7.83. The smallest absolute Gasteiger partial charge is 0.220 e. The molecule has 1 aromatic carbocycles. The lowest BCUT2D eigenvalue weighted by atomic mass is 9.95. The topological polar surface area (TPSA) is 38.3 Å². The molecule has 1 aliphatic carbocycles. The van der Waals surface area contributed by atoms with E-state index in [0.717, 1.165) is 29.5 Å². The zero-order valence-corrected chi connectivity index (χ0v) is 14.2. The number of carbonyl (C=O) groups excluding carboxylic acids is 1. The predicted octanol–water partition coefficient (Wildman–Crippen LogP) is 4.37. The summed E-state index contributed by atoms with van der Waals surface area (Å²) < 4.78 is 6.67. The first-order chi connectivity index (χ1) is 10.1.